The second kappa shape index (κ2) is 5.34. The normalized spacial score (nSPS) is 10.8. The lowest BCUT2D eigenvalue weighted by atomic mass is 10.1. The molecule has 0 amide bonds. The standard InChI is InChI=1S/C13H16ClN3/c1-15-7-6-12-13(16-9-17(12)2)10-4-3-5-11(14)8-10/h3-5,8-9,15H,6-7H2,1-2H3. The Morgan fingerprint density at radius 3 is 2.94 bits per heavy atom. The van der Waals surface area contributed by atoms with E-state index in [0.717, 1.165) is 29.2 Å². The number of rotatable bonds is 4. The van der Waals surface area contributed by atoms with Crippen molar-refractivity contribution < 1.29 is 0 Å². The van der Waals surface area contributed by atoms with Crippen molar-refractivity contribution in [3.63, 3.8) is 0 Å². The highest BCUT2D eigenvalue weighted by molar-refractivity contribution is 6.30. The molecule has 1 heterocycles. The summed E-state index contributed by atoms with van der Waals surface area (Å²) in [7, 11) is 3.97. The molecule has 0 spiro atoms. The Kier molecular flexibility index (Phi) is 3.82. The van der Waals surface area contributed by atoms with Crippen LogP contribution in [0.15, 0.2) is 30.6 Å². The molecule has 4 heteroatoms. The number of aromatic nitrogens is 2. The summed E-state index contributed by atoms with van der Waals surface area (Å²) in [6, 6.07) is 7.82. The SMILES string of the molecule is CNCCc1c(-c2cccc(Cl)c2)ncn1C. The van der Waals surface area contributed by atoms with Gasteiger partial charge in [-0.25, -0.2) is 4.98 Å². The van der Waals surface area contributed by atoms with E-state index < -0.39 is 0 Å². The maximum Gasteiger partial charge on any atom is 0.0953 e. The van der Waals surface area contributed by atoms with Gasteiger partial charge >= 0.3 is 0 Å². The largest absolute Gasteiger partial charge is 0.337 e. The van der Waals surface area contributed by atoms with E-state index in [9.17, 15) is 0 Å². The highest BCUT2D eigenvalue weighted by atomic mass is 35.5. The van der Waals surface area contributed by atoms with Gasteiger partial charge in [0.1, 0.15) is 0 Å². The lowest BCUT2D eigenvalue weighted by Crippen LogP contribution is -2.12. The molecule has 3 nitrogen and oxygen atoms in total. The summed E-state index contributed by atoms with van der Waals surface area (Å²) in [5, 5.41) is 3.90. The average molecular weight is 250 g/mol. The molecular weight excluding hydrogens is 234 g/mol. The number of hydrogen-bond acceptors (Lipinski definition) is 2. The molecule has 90 valence electrons. The van der Waals surface area contributed by atoms with E-state index in [1.165, 1.54) is 5.69 Å². The van der Waals surface area contributed by atoms with Crippen molar-refractivity contribution in [3.05, 3.63) is 41.3 Å². The van der Waals surface area contributed by atoms with Crippen LogP contribution < -0.4 is 5.32 Å². The maximum atomic E-state index is 6.01. The van der Waals surface area contributed by atoms with Crippen molar-refractivity contribution in [1.29, 1.82) is 0 Å². The van der Waals surface area contributed by atoms with Crippen LogP contribution >= 0.6 is 11.6 Å². The van der Waals surface area contributed by atoms with Crippen LogP contribution in [0.4, 0.5) is 0 Å². The predicted octanol–water partition coefficient (Wildman–Crippen LogP) is 2.50. The zero-order chi connectivity index (χ0) is 12.3. The summed E-state index contributed by atoms with van der Waals surface area (Å²) < 4.78 is 2.06. The van der Waals surface area contributed by atoms with Gasteiger partial charge in [-0.2, -0.15) is 0 Å². The minimum absolute atomic E-state index is 0.743. The molecule has 0 aliphatic carbocycles. The molecule has 0 saturated heterocycles. The number of nitrogens with zero attached hydrogens (tertiary/aromatic N) is 2. The maximum absolute atomic E-state index is 6.01. The van der Waals surface area contributed by atoms with E-state index >= 15 is 0 Å². The first-order valence-electron chi connectivity index (χ1n) is 5.63. The average Bonchev–Trinajstić information content (AvgIpc) is 2.68. The van der Waals surface area contributed by atoms with Crippen LogP contribution in [0.3, 0.4) is 0 Å². The second-order valence-corrected chi connectivity index (χ2v) is 4.45. The van der Waals surface area contributed by atoms with E-state index in [1.54, 1.807) is 0 Å². The van der Waals surface area contributed by atoms with Gasteiger partial charge in [-0.3, -0.25) is 0 Å². The molecule has 0 unspecified atom stereocenters. The molecule has 1 aromatic carbocycles. The number of benzene rings is 1. The number of imidazole rings is 1. The fourth-order valence-corrected chi connectivity index (χ4v) is 2.06. The number of likely N-dealkylation sites (N-methyl/N-ethyl adjacent to an activating group) is 1. The molecule has 1 aromatic heterocycles. The molecule has 2 rings (SSSR count). The Bertz CT molecular complexity index is 505. The third-order valence-electron chi connectivity index (χ3n) is 2.77. The Morgan fingerprint density at radius 2 is 2.24 bits per heavy atom. The second-order valence-electron chi connectivity index (χ2n) is 4.01. The van der Waals surface area contributed by atoms with E-state index in [1.807, 2.05) is 44.7 Å². The van der Waals surface area contributed by atoms with Gasteiger partial charge in [0.2, 0.25) is 0 Å². The summed E-state index contributed by atoms with van der Waals surface area (Å²) in [6.07, 6.45) is 2.80. The van der Waals surface area contributed by atoms with Gasteiger partial charge in [0.25, 0.3) is 0 Å². The van der Waals surface area contributed by atoms with Gasteiger partial charge in [-0.05, 0) is 19.2 Å². The first-order valence-corrected chi connectivity index (χ1v) is 6.01. The monoisotopic (exact) mass is 249 g/mol. The van der Waals surface area contributed by atoms with Crippen LogP contribution in [0.2, 0.25) is 5.02 Å². The van der Waals surface area contributed by atoms with Crippen molar-refractivity contribution in [2.75, 3.05) is 13.6 Å². The number of aryl methyl sites for hydroxylation is 1. The third kappa shape index (κ3) is 2.68. The molecule has 0 fully saturated rings. The molecule has 17 heavy (non-hydrogen) atoms. The topological polar surface area (TPSA) is 29.9 Å². The minimum atomic E-state index is 0.743. The van der Waals surface area contributed by atoms with Gasteiger partial charge in [0, 0.05) is 36.3 Å². The lowest BCUT2D eigenvalue weighted by Gasteiger charge is -2.06. The van der Waals surface area contributed by atoms with Gasteiger partial charge in [0.05, 0.1) is 12.0 Å². The molecule has 0 saturated carbocycles. The number of halogens is 1. The first kappa shape index (κ1) is 12.1. The summed E-state index contributed by atoms with van der Waals surface area (Å²) >= 11 is 6.01. The smallest absolute Gasteiger partial charge is 0.0953 e. The molecular formula is C13H16ClN3. The zero-order valence-electron chi connectivity index (χ0n) is 10.1. The Labute approximate surface area is 106 Å². The van der Waals surface area contributed by atoms with E-state index in [0.29, 0.717) is 0 Å². The Balaban J connectivity index is 2.38. The summed E-state index contributed by atoms with van der Waals surface area (Å²) in [6.45, 7) is 0.938. The van der Waals surface area contributed by atoms with Crippen molar-refractivity contribution in [2.45, 2.75) is 6.42 Å². The van der Waals surface area contributed by atoms with Crippen LogP contribution in [0, 0.1) is 0 Å². The molecule has 0 bridgehead atoms. The van der Waals surface area contributed by atoms with Crippen LogP contribution in [-0.2, 0) is 13.5 Å². The quantitative estimate of drug-likeness (QED) is 0.902. The molecule has 0 aliphatic rings. The van der Waals surface area contributed by atoms with Gasteiger partial charge < -0.3 is 9.88 Å². The zero-order valence-corrected chi connectivity index (χ0v) is 10.8. The molecule has 1 N–H and O–H groups in total. The van der Waals surface area contributed by atoms with Gasteiger partial charge in [-0.15, -0.1) is 0 Å². The van der Waals surface area contributed by atoms with Crippen LogP contribution in [-0.4, -0.2) is 23.1 Å². The lowest BCUT2D eigenvalue weighted by molar-refractivity contribution is 0.738. The first-order chi connectivity index (χ1) is 8.22. The minimum Gasteiger partial charge on any atom is -0.337 e. The van der Waals surface area contributed by atoms with Crippen LogP contribution in [0.5, 0.6) is 0 Å². The molecule has 0 aliphatic heterocycles. The van der Waals surface area contributed by atoms with Crippen molar-refractivity contribution >= 4 is 11.6 Å². The van der Waals surface area contributed by atoms with Gasteiger partial charge in [-0.1, -0.05) is 23.7 Å². The Hall–Kier alpha value is -1.32. The molecule has 2 aromatic rings. The van der Waals surface area contributed by atoms with E-state index in [4.69, 9.17) is 11.6 Å². The molecule has 0 atom stereocenters. The fourth-order valence-electron chi connectivity index (χ4n) is 1.87. The van der Waals surface area contributed by atoms with Crippen molar-refractivity contribution in [3.8, 4) is 11.3 Å². The van der Waals surface area contributed by atoms with E-state index in [2.05, 4.69) is 14.9 Å². The number of nitrogens with one attached hydrogen (secondary N) is 1. The van der Waals surface area contributed by atoms with Crippen molar-refractivity contribution in [1.82, 2.24) is 14.9 Å². The van der Waals surface area contributed by atoms with Crippen molar-refractivity contribution in [2.24, 2.45) is 7.05 Å². The highest BCUT2D eigenvalue weighted by Crippen LogP contribution is 2.24. The highest BCUT2D eigenvalue weighted by Gasteiger charge is 2.10. The fraction of sp³-hybridized carbons (Fsp3) is 0.308. The third-order valence-corrected chi connectivity index (χ3v) is 3.00. The van der Waals surface area contributed by atoms with Crippen LogP contribution in [0.25, 0.3) is 11.3 Å². The Morgan fingerprint density at radius 1 is 1.41 bits per heavy atom. The summed E-state index contributed by atoms with van der Waals surface area (Å²) in [5.74, 6) is 0. The van der Waals surface area contributed by atoms with Gasteiger partial charge in [0.15, 0.2) is 0 Å². The van der Waals surface area contributed by atoms with Crippen LogP contribution in [0.1, 0.15) is 5.69 Å². The van der Waals surface area contributed by atoms with E-state index in [-0.39, 0.29) is 0 Å². The predicted molar refractivity (Wildman–Crippen MR) is 71.3 cm³/mol. The number of hydrogen-bond donors (Lipinski definition) is 1. The summed E-state index contributed by atoms with van der Waals surface area (Å²) in [4.78, 5) is 4.46. The molecule has 0 radical (unpaired) electrons. The summed E-state index contributed by atoms with van der Waals surface area (Å²) in [5.41, 5.74) is 3.32.